The highest BCUT2D eigenvalue weighted by molar-refractivity contribution is 6.39. The van der Waals surface area contributed by atoms with E-state index < -0.39 is 11.8 Å². The zero-order valence-electron chi connectivity index (χ0n) is 18.4. The highest BCUT2D eigenvalue weighted by Crippen LogP contribution is 2.28. The molecule has 3 rings (SSSR count). The minimum Gasteiger partial charge on any atom is -0.497 e. The molecule has 0 unspecified atom stereocenters. The Morgan fingerprint density at radius 1 is 1.00 bits per heavy atom. The quantitative estimate of drug-likeness (QED) is 0.479. The first-order valence-corrected chi connectivity index (χ1v) is 10.5. The van der Waals surface area contributed by atoms with Crippen LogP contribution in [-0.2, 0) is 9.59 Å². The number of rotatable bonds is 8. The molecule has 1 aliphatic rings. The number of piperazine rings is 1. The van der Waals surface area contributed by atoms with Gasteiger partial charge >= 0.3 is 11.8 Å². The smallest absolute Gasteiger partial charge is 0.313 e. The second kappa shape index (κ2) is 11.3. The van der Waals surface area contributed by atoms with Crippen molar-refractivity contribution in [2.75, 3.05) is 63.7 Å². The minimum absolute atomic E-state index is 0.200. The molecule has 2 amide bonds. The normalized spacial score (nSPS) is 14.0. The summed E-state index contributed by atoms with van der Waals surface area (Å²) in [6.07, 6.45) is 0.710. The first-order valence-electron chi connectivity index (χ1n) is 10.5. The summed E-state index contributed by atoms with van der Waals surface area (Å²) in [5.74, 6) is -0.708. The van der Waals surface area contributed by atoms with Gasteiger partial charge in [0.05, 0.1) is 25.6 Å². The minimum atomic E-state index is -0.768. The maximum atomic E-state index is 13.9. The van der Waals surface area contributed by atoms with Crippen LogP contribution >= 0.6 is 0 Å². The van der Waals surface area contributed by atoms with Crippen molar-refractivity contribution in [2.24, 2.45) is 0 Å². The second-order valence-electron chi connectivity index (χ2n) is 7.41. The standard InChI is InChI=1S/C23H29FN4O4/c1-31-17-8-9-21(32-2)19(16-17)26-23(30)22(29)25-10-5-11-27-12-14-28(15-13-27)20-7-4-3-6-18(20)24/h3-4,6-9,16H,5,10-15H2,1-2H3,(H,25,29)(H,26,30). The summed E-state index contributed by atoms with van der Waals surface area (Å²) in [6, 6.07) is 11.7. The van der Waals surface area contributed by atoms with Gasteiger partial charge < -0.3 is 25.0 Å². The van der Waals surface area contributed by atoms with Crippen LogP contribution < -0.4 is 25.0 Å². The Morgan fingerprint density at radius 2 is 1.75 bits per heavy atom. The van der Waals surface area contributed by atoms with Crippen molar-refractivity contribution in [3.05, 3.63) is 48.3 Å². The molecule has 32 heavy (non-hydrogen) atoms. The molecule has 9 heteroatoms. The van der Waals surface area contributed by atoms with E-state index in [0.29, 0.717) is 35.8 Å². The van der Waals surface area contributed by atoms with Gasteiger partial charge in [-0.15, -0.1) is 0 Å². The molecule has 0 atom stereocenters. The van der Waals surface area contributed by atoms with E-state index in [1.165, 1.54) is 20.3 Å². The molecule has 1 heterocycles. The lowest BCUT2D eigenvalue weighted by Crippen LogP contribution is -2.47. The summed E-state index contributed by atoms with van der Waals surface area (Å²) >= 11 is 0. The molecule has 172 valence electrons. The molecule has 0 spiro atoms. The van der Waals surface area contributed by atoms with Crippen molar-refractivity contribution in [3.8, 4) is 11.5 Å². The van der Waals surface area contributed by atoms with Gasteiger partial charge in [0, 0.05) is 38.8 Å². The van der Waals surface area contributed by atoms with E-state index in [2.05, 4.69) is 15.5 Å². The molecule has 2 aromatic rings. The molecule has 0 radical (unpaired) electrons. The molecule has 2 N–H and O–H groups in total. The number of hydrogen-bond acceptors (Lipinski definition) is 6. The first-order chi connectivity index (χ1) is 15.5. The molecule has 2 aromatic carbocycles. The van der Waals surface area contributed by atoms with Gasteiger partial charge in [-0.05, 0) is 37.2 Å². The Bertz CT molecular complexity index is 932. The Hall–Kier alpha value is -3.33. The molecule has 1 saturated heterocycles. The summed E-state index contributed by atoms with van der Waals surface area (Å²) in [7, 11) is 2.99. The summed E-state index contributed by atoms with van der Waals surface area (Å²) in [6.45, 7) is 4.30. The number of hydrogen-bond donors (Lipinski definition) is 2. The van der Waals surface area contributed by atoms with E-state index in [0.717, 1.165) is 32.7 Å². The molecular weight excluding hydrogens is 415 g/mol. The summed E-state index contributed by atoms with van der Waals surface area (Å²) in [5.41, 5.74) is 0.998. The lowest BCUT2D eigenvalue weighted by Gasteiger charge is -2.36. The Balaban J connectivity index is 1.37. The van der Waals surface area contributed by atoms with Crippen LogP contribution in [0.5, 0.6) is 11.5 Å². The zero-order chi connectivity index (χ0) is 22.9. The number of amides is 2. The fraction of sp³-hybridized carbons (Fsp3) is 0.391. The largest absolute Gasteiger partial charge is 0.497 e. The fourth-order valence-corrected chi connectivity index (χ4v) is 3.60. The molecule has 8 nitrogen and oxygen atoms in total. The summed E-state index contributed by atoms with van der Waals surface area (Å²) in [5, 5.41) is 5.19. The maximum absolute atomic E-state index is 13.9. The lowest BCUT2D eigenvalue weighted by atomic mass is 10.2. The molecule has 0 aromatic heterocycles. The van der Waals surface area contributed by atoms with Gasteiger partial charge in [0.1, 0.15) is 17.3 Å². The Labute approximate surface area is 187 Å². The number of anilines is 2. The predicted molar refractivity (Wildman–Crippen MR) is 121 cm³/mol. The van der Waals surface area contributed by atoms with Crippen LogP contribution in [0.3, 0.4) is 0 Å². The van der Waals surface area contributed by atoms with Crippen molar-refractivity contribution in [1.29, 1.82) is 0 Å². The zero-order valence-corrected chi connectivity index (χ0v) is 18.4. The van der Waals surface area contributed by atoms with Gasteiger partial charge in [-0.1, -0.05) is 12.1 Å². The molecule has 1 fully saturated rings. The number of halogens is 1. The van der Waals surface area contributed by atoms with Crippen molar-refractivity contribution in [2.45, 2.75) is 6.42 Å². The third kappa shape index (κ3) is 6.10. The van der Waals surface area contributed by atoms with Gasteiger partial charge in [0.25, 0.3) is 0 Å². The van der Waals surface area contributed by atoms with E-state index in [9.17, 15) is 14.0 Å². The SMILES string of the molecule is COc1ccc(OC)c(NC(=O)C(=O)NCCCN2CCN(c3ccccc3F)CC2)c1. The van der Waals surface area contributed by atoms with Gasteiger partial charge in [-0.2, -0.15) is 0 Å². The van der Waals surface area contributed by atoms with E-state index >= 15 is 0 Å². The lowest BCUT2D eigenvalue weighted by molar-refractivity contribution is -0.136. The number of ether oxygens (including phenoxy) is 2. The van der Waals surface area contributed by atoms with Crippen LogP contribution in [0, 0.1) is 5.82 Å². The van der Waals surface area contributed by atoms with Crippen LogP contribution in [-0.4, -0.2) is 70.2 Å². The van der Waals surface area contributed by atoms with Crippen molar-refractivity contribution in [1.82, 2.24) is 10.2 Å². The summed E-state index contributed by atoms with van der Waals surface area (Å²) in [4.78, 5) is 28.7. The third-order valence-electron chi connectivity index (χ3n) is 5.36. The molecular formula is C23H29FN4O4. The fourth-order valence-electron chi connectivity index (χ4n) is 3.60. The predicted octanol–water partition coefficient (Wildman–Crippen LogP) is 2.11. The Morgan fingerprint density at radius 3 is 2.44 bits per heavy atom. The number of carbonyl (C=O) groups is 2. The monoisotopic (exact) mass is 444 g/mol. The second-order valence-corrected chi connectivity index (χ2v) is 7.41. The number of benzene rings is 2. The Kier molecular flexibility index (Phi) is 8.27. The van der Waals surface area contributed by atoms with Gasteiger partial charge in [-0.3, -0.25) is 14.5 Å². The topological polar surface area (TPSA) is 83.1 Å². The summed E-state index contributed by atoms with van der Waals surface area (Å²) < 4.78 is 24.3. The van der Waals surface area contributed by atoms with Gasteiger partial charge in [0.2, 0.25) is 0 Å². The number of carbonyl (C=O) groups excluding carboxylic acids is 2. The number of para-hydroxylation sites is 1. The van der Waals surface area contributed by atoms with E-state index in [1.54, 1.807) is 30.3 Å². The number of methoxy groups -OCH3 is 2. The molecule has 0 saturated carbocycles. The van der Waals surface area contributed by atoms with Crippen molar-refractivity contribution < 1.29 is 23.5 Å². The van der Waals surface area contributed by atoms with Gasteiger partial charge in [0.15, 0.2) is 0 Å². The molecule has 0 aliphatic carbocycles. The van der Waals surface area contributed by atoms with Crippen molar-refractivity contribution >= 4 is 23.2 Å². The average molecular weight is 445 g/mol. The maximum Gasteiger partial charge on any atom is 0.313 e. The highest BCUT2D eigenvalue weighted by atomic mass is 19.1. The van der Waals surface area contributed by atoms with E-state index in [1.807, 2.05) is 11.0 Å². The number of nitrogens with one attached hydrogen (secondary N) is 2. The van der Waals surface area contributed by atoms with Crippen LogP contribution in [0.25, 0.3) is 0 Å². The van der Waals surface area contributed by atoms with Crippen molar-refractivity contribution in [3.63, 3.8) is 0 Å². The van der Waals surface area contributed by atoms with Crippen LogP contribution in [0.15, 0.2) is 42.5 Å². The molecule has 0 bridgehead atoms. The van der Waals surface area contributed by atoms with E-state index in [4.69, 9.17) is 9.47 Å². The number of nitrogens with zero attached hydrogens (tertiary/aromatic N) is 2. The first kappa shape index (κ1) is 23.3. The highest BCUT2D eigenvalue weighted by Gasteiger charge is 2.19. The van der Waals surface area contributed by atoms with Crippen LogP contribution in [0.2, 0.25) is 0 Å². The van der Waals surface area contributed by atoms with Crippen LogP contribution in [0.1, 0.15) is 6.42 Å². The average Bonchev–Trinajstić information content (AvgIpc) is 2.82. The van der Waals surface area contributed by atoms with Gasteiger partial charge in [-0.25, -0.2) is 4.39 Å². The van der Waals surface area contributed by atoms with E-state index in [-0.39, 0.29) is 5.82 Å². The van der Waals surface area contributed by atoms with Crippen LogP contribution in [0.4, 0.5) is 15.8 Å². The third-order valence-corrected chi connectivity index (χ3v) is 5.36. The molecule has 1 aliphatic heterocycles.